The van der Waals surface area contributed by atoms with Crippen molar-refractivity contribution in [1.29, 1.82) is 10.5 Å². The molecule has 3 radical (unpaired) electrons. The van der Waals surface area contributed by atoms with Gasteiger partial charge < -0.3 is 48.8 Å². The molecular weight excluding hydrogens is 1310 g/mol. The van der Waals surface area contributed by atoms with E-state index in [1.54, 1.807) is 90.1 Å². The second-order valence-corrected chi connectivity index (χ2v) is 24.2. The number of nitro groups is 4. The summed E-state index contributed by atoms with van der Waals surface area (Å²) in [6.45, 7) is 31.9. The fraction of sp³-hybridized carbons (Fsp3) is 0.478. The molecule has 0 bridgehead atoms. The SMILES string of the molecule is C.C1CCOC1.CC(C)(C#N)c1ccc([N+](=O)[O-])cc1.CC(C)(C)OC(=O)NCC(C)(C)c1ccc(N)cc1.CC(C)(C)OC(=O)NCC(C)(C)c1ccc([N+](=O)[O-])cc1.CC(C)(CN)c1ccc([N+](=O)[O-])cc1.CCO.N#CCc1ccc([N+](=O)[O-])cc1.[2H]CF.[B].[CH3-].[Pd]. The smallest absolute Gasteiger partial charge is 0.407 e. The van der Waals surface area contributed by atoms with Crippen LogP contribution in [0.2, 0.25) is 0 Å². The Kier molecular flexibility index (Phi) is 47.6. The Morgan fingerprint density at radius 1 is 0.596 bits per heavy atom. The largest absolute Gasteiger partial charge is 0.444 e. The second-order valence-electron chi connectivity index (χ2n) is 24.2. The Balaban J connectivity index is -0.000000250. The maximum absolute atomic E-state index is 11.7. The molecule has 0 spiro atoms. The first-order chi connectivity index (χ1) is 42.1. The normalized spacial score (nSPS) is 11.2. The number of nitrogens with one attached hydrogen (secondary N) is 2. The van der Waals surface area contributed by atoms with Gasteiger partial charge in [0.05, 0.1) is 52.2 Å². The van der Waals surface area contributed by atoms with Crippen molar-refractivity contribution in [2.45, 2.75) is 163 Å². The maximum Gasteiger partial charge on any atom is 0.407 e. The Morgan fingerprint density at radius 2 is 0.862 bits per heavy atom. The first kappa shape index (κ1) is 94.3. The van der Waals surface area contributed by atoms with Gasteiger partial charge in [-0.15, -0.1) is 0 Å². The topological polar surface area (TPSA) is 378 Å². The molecule has 24 nitrogen and oxygen atoms in total. The number of hydrogen-bond acceptors (Lipinski definition) is 18. The number of anilines is 1. The van der Waals surface area contributed by atoms with Crippen LogP contribution in [-0.2, 0) is 62.7 Å². The zero-order valence-corrected chi connectivity index (χ0v) is 58.0. The van der Waals surface area contributed by atoms with Crippen molar-refractivity contribution in [1.82, 2.24) is 10.6 Å². The Morgan fingerprint density at radius 3 is 1.10 bits per heavy atom. The molecule has 1 heterocycles. The van der Waals surface area contributed by atoms with E-state index in [2.05, 4.69) is 30.6 Å². The first-order valence-electron chi connectivity index (χ1n) is 29.1. The van der Waals surface area contributed by atoms with Gasteiger partial charge in [0.1, 0.15) is 11.2 Å². The van der Waals surface area contributed by atoms with Gasteiger partial charge in [-0.25, -0.2) is 9.59 Å². The molecule has 1 fully saturated rings. The molecule has 0 unspecified atom stereocenters. The average molecular weight is 1410 g/mol. The van der Waals surface area contributed by atoms with Crippen molar-refractivity contribution in [3.05, 3.63) is 197 Å². The Bertz CT molecular complexity index is 3070. The fourth-order valence-corrected chi connectivity index (χ4v) is 6.94. The third-order valence-corrected chi connectivity index (χ3v) is 12.4. The molecule has 94 heavy (non-hydrogen) atoms. The number of nitrogens with zero attached hydrogens (tertiary/aromatic N) is 6. The van der Waals surface area contributed by atoms with Crippen LogP contribution in [0.4, 0.5) is 42.4 Å². The van der Waals surface area contributed by atoms with Crippen molar-refractivity contribution in [2.75, 3.05) is 52.3 Å². The number of hydrogen-bond donors (Lipinski definition) is 5. The average Bonchev–Trinajstić information content (AvgIpc) is 1.04. The summed E-state index contributed by atoms with van der Waals surface area (Å²) in [5, 5.41) is 71.9. The monoisotopic (exact) mass is 1410 g/mol. The van der Waals surface area contributed by atoms with E-state index in [1.165, 1.54) is 61.4 Å². The zero-order valence-electron chi connectivity index (χ0n) is 57.5. The van der Waals surface area contributed by atoms with E-state index in [0.717, 1.165) is 46.7 Å². The van der Waals surface area contributed by atoms with E-state index in [0.29, 0.717) is 19.6 Å². The Labute approximate surface area is 573 Å². The Hall–Kier alpha value is -8.44. The molecular formula is C67H100BFN10O14Pd-. The second kappa shape index (κ2) is 47.4. The predicted molar refractivity (Wildman–Crippen MR) is 367 cm³/mol. The number of nitrogens with two attached hydrogens (primary N) is 2. The van der Waals surface area contributed by atoms with Crippen LogP contribution >= 0.6 is 0 Å². The number of carbonyl (C=O) groups excluding carboxylic acids is 2. The number of benzene rings is 5. The summed E-state index contributed by atoms with van der Waals surface area (Å²) in [4.78, 5) is 63.2. The molecule has 27 heteroatoms. The van der Waals surface area contributed by atoms with Gasteiger partial charge in [-0.05, 0) is 115 Å². The molecule has 5 aromatic rings. The van der Waals surface area contributed by atoms with E-state index >= 15 is 0 Å². The third-order valence-electron chi connectivity index (χ3n) is 12.4. The van der Waals surface area contributed by atoms with E-state index < -0.39 is 55.7 Å². The van der Waals surface area contributed by atoms with Crippen LogP contribution in [0, 0.1) is 70.5 Å². The zero-order chi connectivity index (χ0) is 70.4. The minimum atomic E-state index is -1.00. The number of alkyl halides is 1. The van der Waals surface area contributed by atoms with E-state index in [4.69, 9.17) is 42.7 Å². The van der Waals surface area contributed by atoms with Gasteiger partial charge in [-0.2, -0.15) is 10.5 Å². The van der Waals surface area contributed by atoms with Crippen molar-refractivity contribution < 1.29 is 74.8 Å². The number of nitrogen functional groups attached to an aromatic ring is 1. The number of amides is 2. The van der Waals surface area contributed by atoms with Gasteiger partial charge in [-0.3, -0.25) is 44.8 Å². The fourth-order valence-electron chi connectivity index (χ4n) is 6.94. The molecule has 1 saturated heterocycles. The molecule has 1 aliphatic rings. The number of aliphatic hydroxyl groups is 1. The van der Waals surface area contributed by atoms with Crippen LogP contribution in [0.15, 0.2) is 121 Å². The molecule has 7 N–H and O–H groups in total. The quantitative estimate of drug-likeness (QED) is 0.0227. The summed E-state index contributed by atoms with van der Waals surface area (Å²) in [6, 6.07) is 36.7. The summed E-state index contributed by atoms with van der Waals surface area (Å²) < 4.78 is 30.8. The number of aliphatic hydroxyl groups excluding tert-OH is 1. The van der Waals surface area contributed by atoms with Gasteiger partial charge in [0.25, 0.3) is 22.7 Å². The van der Waals surface area contributed by atoms with Crippen LogP contribution in [-0.4, -0.2) is 103 Å². The van der Waals surface area contributed by atoms with E-state index in [-0.39, 0.29) is 95.7 Å². The van der Waals surface area contributed by atoms with E-state index in [9.17, 15) is 54.4 Å². The van der Waals surface area contributed by atoms with Crippen LogP contribution in [0.5, 0.6) is 0 Å². The predicted octanol–water partition coefficient (Wildman–Crippen LogP) is 14.4. The van der Waals surface area contributed by atoms with Crippen LogP contribution in [0.3, 0.4) is 0 Å². The summed E-state index contributed by atoms with van der Waals surface area (Å²) in [6.07, 6.45) is 1.98. The molecule has 0 aliphatic carbocycles. The van der Waals surface area contributed by atoms with E-state index in [1.807, 2.05) is 78.8 Å². The van der Waals surface area contributed by atoms with Crippen molar-refractivity contribution >= 4 is 49.0 Å². The minimum absolute atomic E-state index is 0. The third kappa shape index (κ3) is 41.2. The van der Waals surface area contributed by atoms with Crippen molar-refractivity contribution in [3.63, 3.8) is 0 Å². The molecule has 2 amide bonds. The summed E-state index contributed by atoms with van der Waals surface area (Å²) in [5.74, 6) is 0. The standard InChI is InChI=1S/C15H22N2O4.C15H24N2O2.C10H14N2O2.C10H10N2O2.C8H6N2O2.C4H8O.C2H6O.CH3F.CH4.CH3.B.Pd/c1-14(2,3)21-13(18)16-10-15(4,5)11-6-8-12(9-7-11)17(19)20;1-14(2,3)19-13(18)17-10-15(4,5)11-6-8-12(16)9-7-11;2*1-10(2,7-11)8-3-5-9(6-4-8)12(13)14;9-6-5-7-1-3-8(4-2-7)10(11)12;1-2-4-5-3-1;1-2-3;1-2;;;;/h6-9H,10H2,1-5H3,(H,16,18);6-9H,10,16H2,1-5H3,(H,17,18);3-6H,7,11H2,1-2H3;3-6H,1-2H3;1-4H,5H2;1-4H2;3H,2H2,1H3;1H3;1H4;1H3;;/q;;;;;;;;;-1;;/i;;;;;;;1D;;;;. The number of carbonyl (C=O) groups is 2. The molecule has 0 aromatic heterocycles. The molecule has 1 aliphatic heterocycles. The minimum Gasteiger partial charge on any atom is -0.444 e. The van der Waals surface area contributed by atoms with Crippen molar-refractivity contribution in [3.8, 4) is 12.1 Å². The van der Waals surface area contributed by atoms with Gasteiger partial charge in [0.2, 0.25) is 0 Å². The summed E-state index contributed by atoms with van der Waals surface area (Å²) in [7, 11) is -1.00. The molecule has 5 aromatic carbocycles. The van der Waals surface area contributed by atoms with Gasteiger partial charge in [0.15, 0.2) is 0 Å². The van der Waals surface area contributed by atoms with Gasteiger partial charge in [-0.1, -0.05) is 110 Å². The van der Waals surface area contributed by atoms with Crippen molar-refractivity contribution in [2.24, 2.45) is 5.73 Å². The molecule has 6 rings (SSSR count). The number of non-ortho nitro benzene ring substituents is 4. The molecule has 0 saturated carbocycles. The van der Waals surface area contributed by atoms with Crippen LogP contribution in [0.1, 0.15) is 153 Å². The summed E-state index contributed by atoms with van der Waals surface area (Å²) >= 11 is 0. The number of nitro benzene ring substituents is 4. The van der Waals surface area contributed by atoms with Gasteiger partial charge >= 0.3 is 12.2 Å². The number of rotatable bonds is 14. The summed E-state index contributed by atoms with van der Waals surface area (Å²) in [5.41, 5.74) is 14.6. The number of halogens is 1. The first-order valence-corrected chi connectivity index (χ1v) is 28.4. The number of nitriles is 2. The maximum atomic E-state index is 11.7. The van der Waals surface area contributed by atoms with Crippen LogP contribution in [0.25, 0.3) is 0 Å². The molecule has 0 atom stereocenters. The number of alkyl carbamates (subject to hydrolysis) is 2. The van der Waals surface area contributed by atoms with Gasteiger partial charge in [0, 0.05) is 139 Å². The van der Waals surface area contributed by atoms with Crippen LogP contribution < -0.4 is 22.1 Å². The number of ether oxygens (including phenoxy) is 3. The molecule has 523 valence electrons.